The molecule has 7 nitrogen and oxygen atoms in total. The van der Waals surface area contributed by atoms with E-state index >= 15 is 0 Å². The first-order valence-corrected chi connectivity index (χ1v) is 9.92. The van der Waals surface area contributed by atoms with E-state index in [1.165, 1.54) is 4.31 Å². The third kappa shape index (κ3) is 3.81. The lowest BCUT2D eigenvalue weighted by molar-refractivity contribution is -0.128. The zero-order chi connectivity index (χ0) is 17.2. The van der Waals surface area contributed by atoms with Gasteiger partial charge in [0.2, 0.25) is 10.0 Å². The van der Waals surface area contributed by atoms with Gasteiger partial charge < -0.3 is 14.8 Å². The highest BCUT2D eigenvalue weighted by Gasteiger charge is 2.31. The van der Waals surface area contributed by atoms with E-state index in [9.17, 15) is 13.2 Å². The number of amides is 1. The fourth-order valence-electron chi connectivity index (χ4n) is 2.99. The van der Waals surface area contributed by atoms with E-state index in [1.807, 2.05) is 0 Å². The minimum absolute atomic E-state index is 0.0551. The Morgan fingerprint density at radius 3 is 2.83 bits per heavy atom. The van der Waals surface area contributed by atoms with Gasteiger partial charge >= 0.3 is 0 Å². The Labute approximate surface area is 142 Å². The van der Waals surface area contributed by atoms with E-state index in [1.54, 1.807) is 24.3 Å². The Morgan fingerprint density at radius 1 is 1.33 bits per heavy atom. The lowest BCUT2D eigenvalue weighted by Gasteiger charge is -2.20. The molecule has 3 rings (SSSR count). The second-order valence-electron chi connectivity index (χ2n) is 6.08. The number of nitrogens with one attached hydrogen (secondary N) is 1. The first kappa shape index (κ1) is 17.0. The summed E-state index contributed by atoms with van der Waals surface area (Å²) < 4.78 is 36.6. The SMILES string of the molecule is CS(=O)(=O)N1CCC(C(=O)NCC2CCCO2)Oc2ccccc21. The van der Waals surface area contributed by atoms with Gasteiger partial charge in [-0.25, -0.2) is 8.42 Å². The van der Waals surface area contributed by atoms with Crippen molar-refractivity contribution >= 4 is 21.6 Å². The van der Waals surface area contributed by atoms with Gasteiger partial charge in [0.1, 0.15) is 5.75 Å². The summed E-state index contributed by atoms with van der Waals surface area (Å²) in [7, 11) is -3.44. The van der Waals surface area contributed by atoms with Crippen LogP contribution in [0.2, 0.25) is 0 Å². The van der Waals surface area contributed by atoms with E-state index in [4.69, 9.17) is 9.47 Å². The maximum Gasteiger partial charge on any atom is 0.261 e. The molecule has 0 aliphatic carbocycles. The number of hydrogen-bond donors (Lipinski definition) is 1. The van der Waals surface area contributed by atoms with Crippen LogP contribution in [-0.4, -0.2) is 52.5 Å². The molecule has 2 atom stereocenters. The van der Waals surface area contributed by atoms with Crippen LogP contribution in [0.4, 0.5) is 5.69 Å². The van der Waals surface area contributed by atoms with Crippen LogP contribution >= 0.6 is 0 Å². The molecular weight excluding hydrogens is 332 g/mol. The highest BCUT2D eigenvalue weighted by atomic mass is 32.2. The van der Waals surface area contributed by atoms with Gasteiger partial charge in [0, 0.05) is 26.1 Å². The van der Waals surface area contributed by atoms with Crippen molar-refractivity contribution in [3.05, 3.63) is 24.3 Å². The molecule has 1 N–H and O–H groups in total. The smallest absolute Gasteiger partial charge is 0.261 e. The van der Waals surface area contributed by atoms with E-state index in [-0.39, 0.29) is 18.6 Å². The normalized spacial score (nSPS) is 24.0. The lowest BCUT2D eigenvalue weighted by Crippen LogP contribution is -2.42. The summed E-state index contributed by atoms with van der Waals surface area (Å²) in [6.45, 7) is 1.39. The van der Waals surface area contributed by atoms with Crippen molar-refractivity contribution in [3.63, 3.8) is 0 Å². The Kier molecular flexibility index (Phi) is 4.96. The number of benzene rings is 1. The molecule has 132 valence electrons. The number of carbonyl (C=O) groups is 1. The summed E-state index contributed by atoms with van der Waals surface area (Å²) in [5.74, 6) is 0.161. The van der Waals surface area contributed by atoms with Crippen LogP contribution in [-0.2, 0) is 19.6 Å². The molecule has 0 aromatic heterocycles. The van der Waals surface area contributed by atoms with Crippen molar-refractivity contribution in [2.24, 2.45) is 0 Å². The Bertz CT molecular complexity index is 700. The first-order valence-electron chi connectivity index (χ1n) is 8.08. The number of rotatable bonds is 4. The number of para-hydroxylation sites is 2. The fraction of sp³-hybridized carbons (Fsp3) is 0.562. The van der Waals surface area contributed by atoms with Crippen molar-refractivity contribution < 1.29 is 22.7 Å². The van der Waals surface area contributed by atoms with Crippen molar-refractivity contribution in [2.75, 3.05) is 30.3 Å². The fourth-order valence-corrected chi connectivity index (χ4v) is 3.94. The standard InChI is InChI=1S/C16H22N2O5S/c1-24(20,21)18-9-8-15(23-14-7-3-2-6-13(14)18)16(19)17-11-12-5-4-10-22-12/h2-3,6-7,12,15H,4-5,8-11H2,1H3,(H,17,19). The van der Waals surface area contributed by atoms with Crippen molar-refractivity contribution in [1.29, 1.82) is 0 Å². The second kappa shape index (κ2) is 6.98. The average molecular weight is 354 g/mol. The lowest BCUT2D eigenvalue weighted by atomic mass is 10.2. The molecule has 1 aromatic carbocycles. The summed E-state index contributed by atoms with van der Waals surface area (Å²) in [6, 6.07) is 6.87. The summed E-state index contributed by atoms with van der Waals surface area (Å²) in [5, 5.41) is 2.85. The monoisotopic (exact) mass is 354 g/mol. The molecule has 1 fully saturated rings. The molecule has 2 heterocycles. The number of hydrogen-bond acceptors (Lipinski definition) is 5. The Balaban J connectivity index is 1.72. The van der Waals surface area contributed by atoms with Crippen LogP contribution in [0.3, 0.4) is 0 Å². The van der Waals surface area contributed by atoms with Gasteiger partial charge in [0.25, 0.3) is 5.91 Å². The highest BCUT2D eigenvalue weighted by molar-refractivity contribution is 7.92. The summed E-state index contributed by atoms with van der Waals surface area (Å²) in [6.07, 6.45) is 2.73. The largest absolute Gasteiger partial charge is 0.478 e. The van der Waals surface area contributed by atoms with Crippen LogP contribution in [0.1, 0.15) is 19.3 Å². The van der Waals surface area contributed by atoms with E-state index in [2.05, 4.69) is 5.32 Å². The van der Waals surface area contributed by atoms with Crippen molar-refractivity contribution in [1.82, 2.24) is 5.32 Å². The van der Waals surface area contributed by atoms with Crippen molar-refractivity contribution in [3.8, 4) is 5.75 Å². The van der Waals surface area contributed by atoms with Gasteiger partial charge in [-0.1, -0.05) is 12.1 Å². The zero-order valence-electron chi connectivity index (χ0n) is 13.6. The van der Waals surface area contributed by atoms with Crippen LogP contribution in [0.5, 0.6) is 5.75 Å². The number of anilines is 1. The molecule has 1 saturated heterocycles. The summed E-state index contributed by atoms with van der Waals surface area (Å²) >= 11 is 0. The molecule has 2 aliphatic heterocycles. The van der Waals surface area contributed by atoms with Gasteiger partial charge in [-0.2, -0.15) is 0 Å². The van der Waals surface area contributed by atoms with Crippen LogP contribution in [0, 0.1) is 0 Å². The first-order chi connectivity index (χ1) is 11.4. The van der Waals surface area contributed by atoms with Crippen LogP contribution in [0.15, 0.2) is 24.3 Å². The molecule has 0 radical (unpaired) electrons. The van der Waals surface area contributed by atoms with Gasteiger partial charge in [0.15, 0.2) is 6.10 Å². The molecule has 2 aliphatic rings. The highest BCUT2D eigenvalue weighted by Crippen LogP contribution is 2.33. The number of carbonyl (C=O) groups excluding carboxylic acids is 1. The maximum atomic E-state index is 12.4. The third-order valence-electron chi connectivity index (χ3n) is 4.22. The molecule has 8 heteroatoms. The minimum atomic E-state index is -3.44. The molecule has 0 spiro atoms. The maximum absolute atomic E-state index is 12.4. The quantitative estimate of drug-likeness (QED) is 0.868. The third-order valence-corrected chi connectivity index (χ3v) is 5.40. The van der Waals surface area contributed by atoms with E-state index in [0.29, 0.717) is 24.4 Å². The molecule has 24 heavy (non-hydrogen) atoms. The van der Waals surface area contributed by atoms with Crippen LogP contribution in [0.25, 0.3) is 0 Å². The number of ether oxygens (including phenoxy) is 2. The van der Waals surface area contributed by atoms with Crippen molar-refractivity contribution in [2.45, 2.75) is 31.5 Å². The van der Waals surface area contributed by atoms with E-state index in [0.717, 1.165) is 25.7 Å². The average Bonchev–Trinajstić information content (AvgIpc) is 2.97. The van der Waals surface area contributed by atoms with E-state index < -0.39 is 16.1 Å². The number of nitrogens with zero attached hydrogens (tertiary/aromatic N) is 1. The zero-order valence-corrected chi connectivity index (χ0v) is 14.4. The molecule has 2 unspecified atom stereocenters. The topological polar surface area (TPSA) is 84.9 Å². The molecule has 0 saturated carbocycles. The summed E-state index contributed by atoms with van der Waals surface area (Å²) in [4.78, 5) is 12.4. The number of sulfonamides is 1. The molecular formula is C16H22N2O5S. The molecule has 1 amide bonds. The predicted octanol–water partition coefficient (Wildman–Crippen LogP) is 0.899. The van der Waals surface area contributed by atoms with Gasteiger partial charge in [-0.05, 0) is 25.0 Å². The minimum Gasteiger partial charge on any atom is -0.478 e. The second-order valence-corrected chi connectivity index (χ2v) is 7.99. The van der Waals surface area contributed by atoms with Gasteiger partial charge in [-0.3, -0.25) is 9.10 Å². The van der Waals surface area contributed by atoms with Crippen LogP contribution < -0.4 is 14.4 Å². The predicted molar refractivity (Wildman–Crippen MR) is 89.6 cm³/mol. The molecule has 1 aromatic rings. The Hall–Kier alpha value is -1.80. The summed E-state index contributed by atoms with van der Waals surface area (Å²) in [5.41, 5.74) is 0.467. The van der Waals surface area contributed by atoms with Gasteiger partial charge in [0.05, 0.1) is 18.0 Å². The van der Waals surface area contributed by atoms with Gasteiger partial charge in [-0.15, -0.1) is 0 Å². The Morgan fingerprint density at radius 2 is 2.12 bits per heavy atom. The molecule has 0 bridgehead atoms. The number of fused-ring (bicyclic) bond motifs is 1.